The Morgan fingerprint density at radius 1 is 1.17 bits per heavy atom. The third-order valence-corrected chi connectivity index (χ3v) is 4.35. The molecule has 0 radical (unpaired) electrons. The number of halogens is 6. The van der Waals surface area contributed by atoms with Crippen LogP contribution in [-0.2, 0) is 4.79 Å². The van der Waals surface area contributed by atoms with Crippen LogP contribution in [0.1, 0.15) is 12.0 Å². The van der Waals surface area contributed by atoms with E-state index in [1.54, 1.807) is 6.07 Å². The van der Waals surface area contributed by atoms with Gasteiger partial charge in [-0.2, -0.15) is 18.4 Å². The Balaban J connectivity index is 2.30. The first-order chi connectivity index (χ1) is 13.5. The maximum Gasteiger partial charge on any atom is 0.428 e. The molecule has 0 bridgehead atoms. The van der Waals surface area contributed by atoms with E-state index in [0.29, 0.717) is 3.57 Å². The predicted molar refractivity (Wildman–Crippen MR) is 105 cm³/mol. The van der Waals surface area contributed by atoms with Gasteiger partial charge in [0.05, 0.1) is 11.3 Å². The highest BCUT2D eigenvalue weighted by Gasteiger charge is 2.37. The van der Waals surface area contributed by atoms with E-state index in [-0.39, 0.29) is 16.9 Å². The molecule has 1 amide bonds. The average molecular weight is 522 g/mol. The van der Waals surface area contributed by atoms with Crippen LogP contribution in [0.4, 0.5) is 33.3 Å². The molecule has 3 N–H and O–H groups in total. The number of nitrogens with one attached hydrogen (secondary N) is 3. The zero-order valence-electron chi connectivity index (χ0n) is 14.4. The molecule has 29 heavy (non-hydrogen) atoms. The Hall–Kier alpha value is -2.75. The highest BCUT2D eigenvalue weighted by atomic mass is 127. The SMILES string of the molecule is N#Cc1cc(NC(CC(=N)C(F)(F)F)C(=O)Nc2ccc(I)cc2F)ccc1F. The number of nitrogens with zero attached hydrogens (tertiary/aromatic N) is 1. The molecule has 0 aliphatic heterocycles. The lowest BCUT2D eigenvalue weighted by atomic mass is 10.1. The minimum Gasteiger partial charge on any atom is -0.373 e. The third kappa shape index (κ3) is 6.11. The van der Waals surface area contributed by atoms with E-state index in [4.69, 9.17) is 10.7 Å². The Labute approximate surface area is 175 Å². The van der Waals surface area contributed by atoms with Crippen LogP contribution in [0.3, 0.4) is 0 Å². The second-order valence-electron chi connectivity index (χ2n) is 5.80. The molecule has 5 nitrogen and oxygen atoms in total. The van der Waals surface area contributed by atoms with E-state index in [1.165, 1.54) is 12.1 Å². The molecular weight excluding hydrogens is 510 g/mol. The first-order valence-corrected chi connectivity index (χ1v) is 8.96. The van der Waals surface area contributed by atoms with Gasteiger partial charge in [0.25, 0.3) is 0 Å². The van der Waals surface area contributed by atoms with Crippen molar-refractivity contribution in [1.82, 2.24) is 0 Å². The minimum atomic E-state index is -4.96. The smallest absolute Gasteiger partial charge is 0.373 e. The summed E-state index contributed by atoms with van der Waals surface area (Å²) >= 11 is 1.84. The summed E-state index contributed by atoms with van der Waals surface area (Å²) in [5, 5.41) is 20.6. The van der Waals surface area contributed by atoms with Crippen molar-refractivity contribution in [3.8, 4) is 6.07 Å². The summed E-state index contributed by atoms with van der Waals surface area (Å²) in [6.45, 7) is 0. The number of rotatable bonds is 6. The molecule has 0 aliphatic rings. The lowest BCUT2D eigenvalue weighted by molar-refractivity contribution is -0.116. The van der Waals surface area contributed by atoms with E-state index >= 15 is 0 Å². The summed E-state index contributed by atoms with van der Waals surface area (Å²) in [5.74, 6) is -2.67. The first kappa shape index (κ1) is 22.5. The average Bonchev–Trinajstić information content (AvgIpc) is 2.63. The molecule has 0 saturated heterocycles. The maximum atomic E-state index is 14.0. The molecule has 2 aromatic rings. The zero-order chi connectivity index (χ0) is 21.8. The second kappa shape index (κ2) is 9.17. The van der Waals surface area contributed by atoms with Crippen molar-refractivity contribution in [2.24, 2.45) is 0 Å². The van der Waals surface area contributed by atoms with Crippen molar-refractivity contribution >= 4 is 45.6 Å². The van der Waals surface area contributed by atoms with Crippen molar-refractivity contribution < 1.29 is 26.7 Å². The van der Waals surface area contributed by atoms with E-state index in [1.807, 2.05) is 22.6 Å². The standard InChI is InChI=1S/C18H12F5IN4O/c19-12-3-2-11(5-9(12)8-25)27-15(7-16(26)18(21,22)23)17(29)28-14-4-1-10(24)6-13(14)20/h1-6,15,26-27H,7H2,(H,28,29). The predicted octanol–water partition coefficient (Wildman–Crippen LogP) is 4.83. The Morgan fingerprint density at radius 3 is 2.45 bits per heavy atom. The van der Waals surface area contributed by atoms with E-state index in [9.17, 15) is 26.7 Å². The number of anilines is 2. The lowest BCUT2D eigenvalue weighted by Gasteiger charge is -2.21. The van der Waals surface area contributed by atoms with Gasteiger partial charge >= 0.3 is 6.18 Å². The highest BCUT2D eigenvalue weighted by Crippen LogP contribution is 2.23. The Bertz CT molecular complexity index is 987. The summed E-state index contributed by atoms with van der Waals surface area (Å²) in [4.78, 5) is 12.5. The number of hydrogen-bond acceptors (Lipinski definition) is 4. The fourth-order valence-corrected chi connectivity index (χ4v) is 2.69. The van der Waals surface area contributed by atoms with Gasteiger partial charge in [-0.1, -0.05) is 0 Å². The number of alkyl halides is 3. The lowest BCUT2D eigenvalue weighted by Crippen LogP contribution is -2.39. The number of hydrogen-bond donors (Lipinski definition) is 3. The molecule has 152 valence electrons. The fraction of sp³-hybridized carbons (Fsp3) is 0.167. The Morgan fingerprint density at radius 2 is 1.86 bits per heavy atom. The molecule has 2 aromatic carbocycles. The summed E-state index contributed by atoms with van der Waals surface area (Å²) in [6, 6.07) is 6.82. The van der Waals surface area contributed by atoms with Crippen LogP contribution in [0.25, 0.3) is 0 Å². The van der Waals surface area contributed by atoms with Crippen molar-refractivity contribution in [2.75, 3.05) is 10.6 Å². The van der Waals surface area contributed by atoms with Gasteiger partial charge in [0.1, 0.15) is 29.5 Å². The van der Waals surface area contributed by atoms with Gasteiger partial charge in [0, 0.05) is 15.7 Å². The molecule has 11 heteroatoms. The summed E-state index contributed by atoms with van der Waals surface area (Å²) in [7, 11) is 0. The van der Waals surface area contributed by atoms with Gasteiger partial charge in [0.2, 0.25) is 5.91 Å². The van der Waals surface area contributed by atoms with Gasteiger partial charge < -0.3 is 16.0 Å². The highest BCUT2D eigenvalue weighted by molar-refractivity contribution is 14.1. The third-order valence-electron chi connectivity index (χ3n) is 3.68. The maximum absolute atomic E-state index is 14.0. The number of amides is 1. The van der Waals surface area contributed by atoms with E-state index in [0.717, 1.165) is 24.3 Å². The number of nitriles is 1. The summed E-state index contributed by atoms with van der Waals surface area (Å²) in [5.41, 5.74) is -2.33. The molecule has 2 rings (SSSR count). The Kier molecular flexibility index (Phi) is 7.12. The summed E-state index contributed by atoms with van der Waals surface area (Å²) in [6.07, 6.45) is -6.03. The van der Waals surface area contributed by atoms with Crippen LogP contribution < -0.4 is 10.6 Å². The first-order valence-electron chi connectivity index (χ1n) is 7.88. The van der Waals surface area contributed by atoms with Gasteiger partial charge in [0.15, 0.2) is 0 Å². The molecule has 1 unspecified atom stereocenters. The van der Waals surface area contributed by atoms with Crippen molar-refractivity contribution in [3.63, 3.8) is 0 Å². The summed E-state index contributed by atoms with van der Waals surface area (Å²) < 4.78 is 66.3. The van der Waals surface area contributed by atoms with E-state index < -0.39 is 41.9 Å². The van der Waals surface area contributed by atoms with Gasteiger partial charge in [-0.3, -0.25) is 4.79 Å². The van der Waals surface area contributed by atoms with Crippen LogP contribution in [-0.4, -0.2) is 23.8 Å². The number of benzene rings is 2. The van der Waals surface area contributed by atoms with Crippen molar-refractivity contribution in [1.29, 1.82) is 10.7 Å². The van der Waals surface area contributed by atoms with Crippen LogP contribution in [0.5, 0.6) is 0 Å². The fourth-order valence-electron chi connectivity index (χ4n) is 2.24. The van der Waals surface area contributed by atoms with Gasteiger partial charge in [-0.15, -0.1) is 0 Å². The van der Waals surface area contributed by atoms with Crippen molar-refractivity contribution in [3.05, 3.63) is 57.2 Å². The molecule has 0 saturated carbocycles. The largest absolute Gasteiger partial charge is 0.428 e. The molecule has 1 atom stereocenters. The van der Waals surface area contributed by atoms with Crippen LogP contribution >= 0.6 is 22.6 Å². The monoisotopic (exact) mass is 522 g/mol. The molecule has 0 heterocycles. The van der Waals surface area contributed by atoms with Gasteiger partial charge in [-0.05, 0) is 59.0 Å². The van der Waals surface area contributed by atoms with E-state index in [2.05, 4.69) is 10.6 Å². The molecule has 0 fully saturated rings. The van der Waals surface area contributed by atoms with Crippen LogP contribution in [0.2, 0.25) is 0 Å². The molecular formula is C18H12F5IN4O. The van der Waals surface area contributed by atoms with Gasteiger partial charge in [-0.25, -0.2) is 8.78 Å². The molecule has 0 spiro atoms. The second-order valence-corrected chi connectivity index (χ2v) is 7.04. The molecule has 0 aliphatic carbocycles. The quantitative estimate of drug-likeness (QED) is 0.289. The number of carbonyl (C=O) groups excluding carboxylic acids is 1. The van der Waals surface area contributed by atoms with Crippen LogP contribution in [0, 0.1) is 31.9 Å². The van der Waals surface area contributed by atoms with Crippen molar-refractivity contribution in [2.45, 2.75) is 18.6 Å². The molecule has 0 aromatic heterocycles. The van der Waals surface area contributed by atoms with Crippen LogP contribution in [0.15, 0.2) is 36.4 Å². The topological polar surface area (TPSA) is 88.8 Å². The zero-order valence-corrected chi connectivity index (χ0v) is 16.5. The minimum absolute atomic E-state index is 0.0128. The number of carbonyl (C=O) groups is 1. The normalized spacial score (nSPS) is 12.0.